The van der Waals surface area contributed by atoms with Crippen LogP contribution in [0.3, 0.4) is 0 Å². The number of nitrogens with zero attached hydrogens (tertiary/aromatic N) is 4. The zero-order valence-electron chi connectivity index (χ0n) is 22.1. The van der Waals surface area contributed by atoms with Crippen LogP contribution in [-0.4, -0.2) is 36.2 Å². The van der Waals surface area contributed by atoms with Gasteiger partial charge >= 0.3 is 5.97 Å². The Labute approximate surface area is 223 Å². The highest BCUT2D eigenvalue weighted by Crippen LogP contribution is 2.42. The van der Waals surface area contributed by atoms with Crippen molar-refractivity contribution in [2.45, 2.75) is 39.8 Å². The molecule has 0 unspecified atom stereocenters. The Morgan fingerprint density at radius 3 is 2.71 bits per heavy atom. The molecule has 5 N–H and O–H groups in total. The Hall–Kier alpha value is -4.10. The molecule has 0 amide bonds. The number of hydrogen-bond donors (Lipinski definition) is 3. The SMILES string of the molecule is Cc1ccc(N2NN(C)c3ccc(CCC(=O)O)c(C)c32)cc1CN1CCOc2ccc(C#N)cc2C1.N. The highest BCUT2D eigenvalue weighted by molar-refractivity contribution is 5.84. The van der Waals surface area contributed by atoms with Crippen molar-refractivity contribution in [3.05, 3.63) is 81.9 Å². The van der Waals surface area contributed by atoms with Crippen molar-refractivity contribution in [2.24, 2.45) is 0 Å². The molecule has 2 aliphatic heterocycles. The van der Waals surface area contributed by atoms with Crippen LogP contribution in [0.15, 0.2) is 48.5 Å². The van der Waals surface area contributed by atoms with Crippen molar-refractivity contribution in [1.82, 2.24) is 16.6 Å². The number of carbonyl (C=O) groups is 1. The fourth-order valence-corrected chi connectivity index (χ4v) is 5.09. The van der Waals surface area contributed by atoms with Gasteiger partial charge in [0.1, 0.15) is 12.4 Å². The van der Waals surface area contributed by atoms with Gasteiger partial charge in [-0.1, -0.05) is 12.1 Å². The Kier molecular flexibility index (Phi) is 7.88. The van der Waals surface area contributed by atoms with Gasteiger partial charge in [0.15, 0.2) is 0 Å². The molecular weight excluding hydrogens is 480 g/mol. The number of hydrazine groups is 2. The van der Waals surface area contributed by atoms with Gasteiger partial charge in [-0.2, -0.15) is 5.26 Å². The standard InChI is InChI=1S/C29H31N5O3.H3N/c1-19-4-8-25(34-29-20(2)22(7-11-28(35)36)6-9-26(29)32(3)31-34)15-23(19)17-33-12-13-37-27-10-5-21(16-30)14-24(27)18-33;/h4-6,8-10,14-15,31H,7,11-13,17-18H2,1-3H3,(H,35,36);1H3. The molecule has 0 saturated heterocycles. The van der Waals surface area contributed by atoms with E-state index in [9.17, 15) is 10.1 Å². The topological polar surface area (TPSA) is 127 Å². The fraction of sp³-hybridized carbons (Fsp3) is 0.310. The highest BCUT2D eigenvalue weighted by atomic mass is 16.5. The minimum atomic E-state index is -0.791. The summed E-state index contributed by atoms with van der Waals surface area (Å²) in [6.45, 7) is 7.05. The molecule has 3 aromatic rings. The average molecular weight is 515 g/mol. The average Bonchev–Trinajstić information content (AvgIpc) is 3.09. The second kappa shape index (κ2) is 11.1. The molecule has 2 aliphatic rings. The summed E-state index contributed by atoms with van der Waals surface area (Å²) in [5, 5.41) is 22.5. The van der Waals surface area contributed by atoms with Gasteiger partial charge in [-0.15, -0.1) is 5.53 Å². The van der Waals surface area contributed by atoms with E-state index in [1.165, 1.54) is 11.1 Å². The molecule has 0 aliphatic carbocycles. The molecule has 0 spiro atoms. The lowest BCUT2D eigenvalue weighted by atomic mass is 10.00. The minimum absolute atomic E-state index is 0. The van der Waals surface area contributed by atoms with Gasteiger partial charge in [0.2, 0.25) is 0 Å². The van der Waals surface area contributed by atoms with E-state index < -0.39 is 5.97 Å². The molecule has 38 heavy (non-hydrogen) atoms. The quantitative estimate of drug-likeness (QED) is 0.427. The maximum atomic E-state index is 11.2. The number of aliphatic carboxylic acids is 1. The number of ether oxygens (including phenoxy) is 1. The maximum Gasteiger partial charge on any atom is 0.303 e. The number of hydrogen-bond acceptors (Lipinski definition) is 8. The molecule has 2 heterocycles. The number of fused-ring (bicyclic) bond motifs is 2. The summed E-state index contributed by atoms with van der Waals surface area (Å²) >= 11 is 0. The van der Waals surface area contributed by atoms with E-state index in [0.29, 0.717) is 25.1 Å². The lowest BCUT2D eigenvalue weighted by Gasteiger charge is -2.25. The monoisotopic (exact) mass is 514 g/mol. The van der Waals surface area contributed by atoms with E-state index in [2.05, 4.69) is 53.6 Å². The predicted molar refractivity (Wildman–Crippen MR) is 148 cm³/mol. The Balaban J connectivity index is 0.00000336. The summed E-state index contributed by atoms with van der Waals surface area (Å²) in [7, 11) is 1.98. The highest BCUT2D eigenvalue weighted by Gasteiger charge is 2.28. The summed E-state index contributed by atoms with van der Waals surface area (Å²) in [5.74, 6) is 0.0580. The van der Waals surface area contributed by atoms with Crippen molar-refractivity contribution in [2.75, 3.05) is 30.2 Å². The summed E-state index contributed by atoms with van der Waals surface area (Å²) in [4.78, 5) is 13.5. The van der Waals surface area contributed by atoms with Gasteiger partial charge in [0.05, 0.1) is 28.7 Å². The van der Waals surface area contributed by atoms with Crippen LogP contribution in [0.1, 0.15) is 39.8 Å². The molecular formula is C29H34N6O3. The smallest absolute Gasteiger partial charge is 0.303 e. The van der Waals surface area contributed by atoms with Crippen LogP contribution in [-0.2, 0) is 24.3 Å². The van der Waals surface area contributed by atoms with Gasteiger partial charge in [-0.25, -0.2) is 0 Å². The number of carboxylic acid groups (broad SMARTS) is 1. The summed E-state index contributed by atoms with van der Waals surface area (Å²) < 4.78 is 5.95. The molecule has 5 rings (SSSR count). The first-order valence-electron chi connectivity index (χ1n) is 12.5. The molecule has 0 saturated carbocycles. The number of nitriles is 1. The normalized spacial score (nSPS) is 14.6. The first kappa shape index (κ1) is 26.9. The number of nitrogens with one attached hydrogen (secondary N) is 1. The van der Waals surface area contributed by atoms with Crippen molar-refractivity contribution >= 4 is 23.0 Å². The Morgan fingerprint density at radius 1 is 1.13 bits per heavy atom. The van der Waals surface area contributed by atoms with Gasteiger partial charge in [0.25, 0.3) is 0 Å². The largest absolute Gasteiger partial charge is 0.492 e. The van der Waals surface area contributed by atoms with Crippen molar-refractivity contribution in [1.29, 1.82) is 5.26 Å². The molecule has 0 atom stereocenters. The molecule has 9 nitrogen and oxygen atoms in total. The second-order valence-electron chi connectivity index (χ2n) is 9.71. The molecule has 9 heteroatoms. The molecule has 0 bridgehead atoms. The lowest BCUT2D eigenvalue weighted by molar-refractivity contribution is -0.136. The van der Waals surface area contributed by atoms with Gasteiger partial charge < -0.3 is 16.0 Å². The number of benzene rings is 3. The third-order valence-corrected chi connectivity index (χ3v) is 7.20. The van der Waals surface area contributed by atoms with Gasteiger partial charge in [-0.3, -0.25) is 19.7 Å². The third-order valence-electron chi connectivity index (χ3n) is 7.20. The predicted octanol–water partition coefficient (Wildman–Crippen LogP) is 4.76. The fourth-order valence-electron chi connectivity index (χ4n) is 5.09. The van der Waals surface area contributed by atoms with Crippen LogP contribution < -0.4 is 26.4 Å². The molecule has 3 aromatic carbocycles. The number of rotatable bonds is 6. The lowest BCUT2D eigenvalue weighted by Crippen LogP contribution is -2.39. The van der Waals surface area contributed by atoms with Crippen LogP contribution in [0, 0.1) is 25.2 Å². The van der Waals surface area contributed by atoms with E-state index in [0.717, 1.165) is 52.6 Å². The summed E-state index contributed by atoms with van der Waals surface area (Å²) in [6, 6.07) is 18.4. The summed E-state index contributed by atoms with van der Waals surface area (Å²) in [6.07, 6.45) is 0.604. The first-order valence-corrected chi connectivity index (χ1v) is 12.5. The van der Waals surface area contributed by atoms with E-state index in [1.54, 1.807) is 6.07 Å². The van der Waals surface area contributed by atoms with E-state index in [4.69, 9.17) is 9.84 Å². The van der Waals surface area contributed by atoms with Crippen LogP contribution in [0.2, 0.25) is 0 Å². The summed E-state index contributed by atoms with van der Waals surface area (Å²) in [5.41, 5.74) is 12.8. The second-order valence-corrected chi connectivity index (χ2v) is 9.71. The van der Waals surface area contributed by atoms with E-state index in [-0.39, 0.29) is 12.6 Å². The molecule has 0 radical (unpaired) electrons. The van der Waals surface area contributed by atoms with E-state index in [1.807, 2.05) is 36.3 Å². The zero-order chi connectivity index (χ0) is 26.1. The zero-order valence-corrected chi connectivity index (χ0v) is 22.1. The minimum Gasteiger partial charge on any atom is -0.492 e. The molecule has 0 aromatic heterocycles. The van der Waals surface area contributed by atoms with Crippen LogP contribution in [0.25, 0.3) is 0 Å². The number of anilines is 3. The number of carboxylic acids is 1. The van der Waals surface area contributed by atoms with Crippen LogP contribution in [0.4, 0.5) is 17.1 Å². The van der Waals surface area contributed by atoms with Crippen molar-refractivity contribution in [3.8, 4) is 11.8 Å². The van der Waals surface area contributed by atoms with Crippen molar-refractivity contribution in [3.63, 3.8) is 0 Å². The Bertz CT molecular complexity index is 1400. The third kappa shape index (κ3) is 5.29. The molecule has 198 valence electrons. The first-order chi connectivity index (χ1) is 17.8. The maximum absolute atomic E-state index is 11.2. The van der Waals surface area contributed by atoms with Crippen LogP contribution >= 0.6 is 0 Å². The van der Waals surface area contributed by atoms with Crippen LogP contribution in [0.5, 0.6) is 5.75 Å². The van der Waals surface area contributed by atoms with E-state index >= 15 is 0 Å². The number of aryl methyl sites for hydroxylation is 2. The van der Waals surface area contributed by atoms with Gasteiger partial charge in [-0.05, 0) is 78.9 Å². The molecule has 0 fully saturated rings. The van der Waals surface area contributed by atoms with Gasteiger partial charge in [0, 0.05) is 38.7 Å². The van der Waals surface area contributed by atoms with Crippen molar-refractivity contribution < 1.29 is 14.6 Å². The Morgan fingerprint density at radius 2 is 1.95 bits per heavy atom.